The van der Waals surface area contributed by atoms with Gasteiger partial charge in [-0.1, -0.05) is 35.9 Å². The van der Waals surface area contributed by atoms with Crippen LogP contribution in [-0.2, 0) is 25.9 Å². The summed E-state index contributed by atoms with van der Waals surface area (Å²) in [4.78, 5) is 16.9. The van der Waals surface area contributed by atoms with Crippen molar-refractivity contribution in [1.82, 2.24) is 20.1 Å². The highest BCUT2D eigenvalue weighted by molar-refractivity contribution is 6.31. The lowest BCUT2D eigenvalue weighted by Crippen LogP contribution is -2.23. The number of rotatable bonds is 5. The lowest BCUT2D eigenvalue weighted by atomic mass is 9.93. The summed E-state index contributed by atoms with van der Waals surface area (Å²) in [6.45, 7) is 2.91. The first-order chi connectivity index (χ1) is 15.1. The molecular formula is C24H21ClN4O2. The molecule has 1 N–H and O–H groups in total. The molecule has 0 bridgehead atoms. The highest BCUT2D eigenvalue weighted by Crippen LogP contribution is 2.38. The number of fused-ring (bicyclic) bond motifs is 3. The van der Waals surface area contributed by atoms with Crippen molar-refractivity contribution in [3.05, 3.63) is 93.8 Å². The van der Waals surface area contributed by atoms with Gasteiger partial charge in [-0.3, -0.25) is 14.5 Å². The van der Waals surface area contributed by atoms with Crippen molar-refractivity contribution in [1.29, 1.82) is 0 Å². The fourth-order valence-corrected chi connectivity index (χ4v) is 4.22. The summed E-state index contributed by atoms with van der Waals surface area (Å²) in [5.74, 6) is 0.940. The second-order valence-corrected chi connectivity index (χ2v) is 8.10. The molecule has 7 heteroatoms. The summed E-state index contributed by atoms with van der Waals surface area (Å²) in [5, 5.41) is 8.46. The van der Waals surface area contributed by atoms with Gasteiger partial charge in [-0.2, -0.15) is 5.10 Å². The Bertz CT molecular complexity index is 1260. The predicted molar refractivity (Wildman–Crippen MR) is 118 cm³/mol. The van der Waals surface area contributed by atoms with Gasteiger partial charge in [0.15, 0.2) is 5.76 Å². The summed E-state index contributed by atoms with van der Waals surface area (Å²) in [6.07, 6.45) is 7.08. The highest BCUT2D eigenvalue weighted by atomic mass is 35.5. The van der Waals surface area contributed by atoms with Crippen LogP contribution in [-0.4, -0.2) is 20.7 Å². The van der Waals surface area contributed by atoms with Crippen LogP contribution in [0.5, 0.6) is 0 Å². The number of halogens is 1. The minimum Gasteiger partial charge on any atom is -0.455 e. The van der Waals surface area contributed by atoms with Crippen LogP contribution in [0.15, 0.2) is 59.4 Å². The molecule has 31 heavy (non-hydrogen) atoms. The van der Waals surface area contributed by atoms with E-state index in [1.165, 1.54) is 0 Å². The zero-order chi connectivity index (χ0) is 21.4. The quantitative estimate of drug-likeness (QED) is 0.501. The molecular weight excluding hydrogens is 412 g/mol. The maximum Gasteiger partial charge on any atom is 0.287 e. The van der Waals surface area contributed by atoms with Crippen LogP contribution >= 0.6 is 11.6 Å². The van der Waals surface area contributed by atoms with E-state index >= 15 is 0 Å². The number of furan rings is 1. The summed E-state index contributed by atoms with van der Waals surface area (Å²) >= 11 is 6.31. The number of nitrogens with one attached hydrogen (secondary N) is 1. The molecule has 1 amide bonds. The van der Waals surface area contributed by atoms with Crippen molar-refractivity contribution in [2.24, 2.45) is 0 Å². The third kappa shape index (κ3) is 3.75. The van der Waals surface area contributed by atoms with Crippen LogP contribution in [0.3, 0.4) is 0 Å². The Morgan fingerprint density at radius 1 is 1.23 bits per heavy atom. The molecule has 0 unspecified atom stereocenters. The molecule has 156 valence electrons. The van der Waals surface area contributed by atoms with E-state index in [0.717, 1.165) is 57.1 Å². The minimum absolute atomic E-state index is 0.229. The van der Waals surface area contributed by atoms with E-state index in [-0.39, 0.29) is 5.91 Å². The monoisotopic (exact) mass is 432 g/mol. The largest absolute Gasteiger partial charge is 0.455 e. The fraction of sp³-hybridized carbons (Fsp3) is 0.208. The van der Waals surface area contributed by atoms with Gasteiger partial charge in [0.2, 0.25) is 0 Å². The molecule has 1 aliphatic rings. The molecule has 6 nitrogen and oxygen atoms in total. The van der Waals surface area contributed by atoms with Crippen LogP contribution in [0, 0.1) is 6.92 Å². The van der Waals surface area contributed by atoms with Gasteiger partial charge >= 0.3 is 0 Å². The minimum atomic E-state index is -0.229. The van der Waals surface area contributed by atoms with Crippen molar-refractivity contribution in [3.63, 3.8) is 0 Å². The van der Waals surface area contributed by atoms with Crippen LogP contribution in [0.2, 0.25) is 5.02 Å². The van der Waals surface area contributed by atoms with Crippen LogP contribution in [0.25, 0.3) is 11.3 Å². The average Bonchev–Trinajstić information content (AvgIpc) is 3.34. The molecule has 5 rings (SSSR count). The van der Waals surface area contributed by atoms with E-state index in [9.17, 15) is 4.79 Å². The second kappa shape index (κ2) is 8.04. The van der Waals surface area contributed by atoms with Crippen molar-refractivity contribution in [2.75, 3.05) is 0 Å². The number of pyridine rings is 1. The molecule has 4 aromatic rings. The first-order valence-corrected chi connectivity index (χ1v) is 10.6. The van der Waals surface area contributed by atoms with Gasteiger partial charge in [-0.15, -0.1) is 0 Å². The number of carbonyl (C=O) groups excluding carboxylic acids is 1. The number of hydrogen-bond acceptors (Lipinski definition) is 4. The van der Waals surface area contributed by atoms with Gasteiger partial charge in [0.25, 0.3) is 5.91 Å². The first kappa shape index (κ1) is 19.6. The Balaban J connectivity index is 1.40. The molecule has 0 spiro atoms. The second-order valence-electron chi connectivity index (χ2n) is 7.69. The Labute approximate surface area is 184 Å². The van der Waals surface area contributed by atoms with Crippen molar-refractivity contribution < 1.29 is 9.21 Å². The zero-order valence-electron chi connectivity index (χ0n) is 17.1. The molecule has 3 aromatic heterocycles. The average molecular weight is 433 g/mol. The van der Waals surface area contributed by atoms with Crippen LogP contribution in [0.1, 0.15) is 38.6 Å². The topological polar surface area (TPSA) is 73.0 Å². The number of nitrogens with zero attached hydrogens (tertiary/aromatic N) is 3. The summed E-state index contributed by atoms with van der Waals surface area (Å²) in [5.41, 5.74) is 5.76. The third-order valence-corrected chi connectivity index (χ3v) is 5.96. The standard InChI is InChI=1S/C24H21ClN4O2/c1-15-21-20(31-23(15)24(30)27-12-16-5-4-10-26-11-16)9-8-18-14-29(28-22(18)21)13-17-6-2-3-7-19(17)25/h2-7,10-11,14H,8-9,12-13H2,1H3,(H,27,30). The Morgan fingerprint density at radius 2 is 2.10 bits per heavy atom. The zero-order valence-corrected chi connectivity index (χ0v) is 17.8. The van der Waals surface area contributed by atoms with Crippen molar-refractivity contribution >= 4 is 17.5 Å². The molecule has 0 fully saturated rings. The molecule has 0 radical (unpaired) electrons. The summed E-state index contributed by atoms with van der Waals surface area (Å²) < 4.78 is 7.90. The number of hydrogen-bond donors (Lipinski definition) is 1. The van der Waals surface area contributed by atoms with Crippen LogP contribution < -0.4 is 5.32 Å². The number of carbonyl (C=O) groups is 1. The van der Waals surface area contributed by atoms with Gasteiger partial charge in [-0.25, -0.2) is 0 Å². The van der Waals surface area contributed by atoms with E-state index in [2.05, 4.69) is 16.5 Å². The highest BCUT2D eigenvalue weighted by Gasteiger charge is 2.29. The molecule has 0 atom stereocenters. The number of aromatic nitrogens is 3. The van der Waals surface area contributed by atoms with Gasteiger partial charge < -0.3 is 9.73 Å². The van der Waals surface area contributed by atoms with Crippen molar-refractivity contribution in [3.8, 4) is 11.3 Å². The molecule has 3 heterocycles. The van der Waals surface area contributed by atoms with E-state index < -0.39 is 0 Å². The fourth-order valence-electron chi connectivity index (χ4n) is 4.03. The van der Waals surface area contributed by atoms with Crippen LogP contribution in [0.4, 0.5) is 0 Å². The Kier molecular flexibility index (Phi) is 5.08. The van der Waals surface area contributed by atoms with Crippen molar-refractivity contribution in [2.45, 2.75) is 32.9 Å². The van der Waals surface area contributed by atoms with E-state index in [0.29, 0.717) is 18.8 Å². The van der Waals surface area contributed by atoms with E-state index in [4.69, 9.17) is 21.1 Å². The third-order valence-electron chi connectivity index (χ3n) is 5.59. The van der Waals surface area contributed by atoms with Gasteiger partial charge in [-0.05, 0) is 42.2 Å². The lowest BCUT2D eigenvalue weighted by molar-refractivity contribution is 0.0920. The normalized spacial score (nSPS) is 12.3. The van der Waals surface area contributed by atoms with E-state index in [1.807, 2.05) is 48.0 Å². The Morgan fingerprint density at radius 3 is 2.90 bits per heavy atom. The van der Waals surface area contributed by atoms with E-state index in [1.54, 1.807) is 12.4 Å². The predicted octanol–water partition coefficient (Wildman–Crippen LogP) is 4.58. The SMILES string of the molecule is Cc1c(C(=O)NCc2cccnc2)oc2c1-c1nn(Cc3ccccc3Cl)cc1CC2. The molecule has 0 saturated carbocycles. The van der Waals surface area contributed by atoms with Gasteiger partial charge in [0.05, 0.1) is 12.2 Å². The molecule has 0 aliphatic heterocycles. The maximum absolute atomic E-state index is 12.8. The number of benzene rings is 1. The number of aryl methyl sites for hydroxylation is 2. The smallest absolute Gasteiger partial charge is 0.287 e. The summed E-state index contributed by atoms with van der Waals surface area (Å²) in [7, 11) is 0. The summed E-state index contributed by atoms with van der Waals surface area (Å²) in [6, 6.07) is 11.5. The number of amides is 1. The maximum atomic E-state index is 12.8. The Hall–Kier alpha value is -3.38. The van der Waals surface area contributed by atoms with Gasteiger partial charge in [0, 0.05) is 47.7 Å². The lowest BCUT2D eigenvalue weighted by Gasteiger charge is -2.09. The van der Waals surface area contributed by atoms with Gasteiger partial charge in [0.1, 0.15) is 5.76 Å². The molecule has 0 saturated heterocycles. The first-order valence-electron chi connectivity index (χ1n) is 10.2. The molecule has 1 aromatic carbocycles. The molecule has 1 aliphatic carbocycles.